The van der Waals surface area contributed by atoms with Gasteiger partial charge in [-0.05, 0) is 142 Å². The van der Waals surface area contributed by atoms with Gasteiger partial charge >= 0.3 is 5.97 Å². The number of esters is 1. The summed E-state index contributed by atoms with van der Waals surface area (Å²) in [5.41, 5.74) is 0.592. The van der Waals surface area contributed by atoms with Gasteiger partial charge in [0, 0.05) is 30.1 Å². The third-order valence-electron chi connectivity index (χ3n) is 17.1. The molecule has 8 aliphatic carbocycles. The van der Waals surface area contributed by atoms with Crippen LogP contribution in [0.2, 0.25) is 0 Å². The fraction of sp³-hybridized carbons (Fsp3) is 0.814. The molecular weight excluding hydrogens is 644 g/mol. The molecule has 8 nitrogen and oxygen atoms in total. The molecule has 51 heavy (non-hydrogen) atoms. The molecule has 0 aliphatic heterocycles. The first kappa shape index (κ1) is 37.2. The first-order valence-corrected chi connectivity index (χ1v) is 20.3. The maximum absolute atomic E-state index is 12.4. The number of allylic oxidation sites excluding steroid dienone is 2. The number of carbonyl (C=O) groups excluding carboxylic acids is 4. The van der Waals surface area contributed by atoms with Crippen molar-refractivity contribution in [2.45, 2.75) is 155 Å². The quantitative estimate of drug-likeness (QED) is 0.278. The van der Waals surface area contributed by atoms with Gasteiger partial charge in [-0.3, -0.25) is 19.2 Å². The van der Waals surface area contributed by atoms with E-state index in [2.05, 4.69) is 20.8 Å². The van der Waals surface area contributed by atoms with Crippen molar-refractivity contribution in [3.05, 3.63) is 23.3 Å². The summed E-state index contributed by atoms with van der Waals surface area (Å²) in [5.74, 6) is 2.55. The van der Waals surface area contributed by atoms with Crippen LogP contribution in [-0.2, 0) is 23.9 Å². The highest BCUT2D eigenvalue weighted by molar-refractivity contribution is 5.92. The normalized spacial score (nSPS) is 48.2. The number of aliphatic hydroxyl groups excluding tert-OH is 2. The highest BCUT2D eigenvalue weighted by atomic mass is 16.5. The van der Waals surface area contributed by atoms with E-state index in [-0.39, 0.29) is 51.9 Å². The Morgan fingerprint density at radius 1 is 0.765 bits per heavy atom. The minimum atomic E-state index is -1.54. The molecule has 282 valence electrons. The molecule has 6 fully saturated rings. The van der Waals surface area contributed by atoms with E-state index >= 15 is 0 Å². The molecule has 0 unspecified atom stereocenters. The van der Waals surface area contributed by atoms with Crippen LogP contribution in [0, 0.1) is 57.2 Å². The van der Waals surface area contributed by atoms with E-state index < -0.39 is 29.5 Å². The van der Waals surface area contributed by atoms with Crippen LogP contribution in [-0.4, -0.2) is 63.1 Å². The number of ketones is 3. The predicted molar refractivity (Wildman–Crippen MR) is 192 cm³/mol. The molecule has 8 aliphatic rings. The Hall–Kier alpha value is -2.16. The van der Waals surface area contributed by atoms with E-state index in [1.807, 2.05) is 19.9 Å². The third-order valence-corrected chi connectivity index (χ3v) is 17.1. The van der Waals surface area contributed by atoms with Crippen molar-refractivity contribution < 1.29 is 39.2 Å². The SMILES string of the molecule is CCC(=O)O[C@H]1CC[C@H]2[C@@H]3CCC4=CC(=O)CC[C@]4(C)[C@H]3CC[C@]12C.C[C@]12CCC(=O)C=C1CC[C@@H]1[C@@H]2[C@@H](O)C[C@@]2(C)[C@H]1CC[C@]2(O)C(=O)CO. The Balaban J connectivity index is 0.000000159. The van der Waals surface area contributed by atoms with Crippen LogP contribution >= 0.6 is 0 Å². The second kappa shape index (κ2) is 13.0. The van der Waals surface area contributed by atoms with E-state index in [1.54, 1.807) is 6.08 Å². The van der Waals surface area contributed by atoms with Crippen molar-refractivity contribution in [2.75, 3.05) is 6.61 Å². The minimum absolute atomic E-state index is 0.0411. The van der Waals surface area contributed by atoms with Crippen molar-refractivity contribution in [1.82, 2.24) is 0 Å². The molecule has 0 aromatic heterocycles. The van der Waals surface area contributed by atoms with Crippen molar-refractivity contribution in [1.29, 1.82) is 0 Å². The summed E-state index contributed by atoms with van der Waals surface area (Å²) < 4.78 is 5.86. The molecule has 0 amide bonds. The Labute approximate surface area is 304 Å². The highest BCUT2D eigenvalue weighted by Gasteiger charge is 2.68. The lowest BCUT2D eigenvalue weighted by atomic mass is 9.45. The topological polar surface area (TPSA) is 138 Å². The van der Waals surface area contributed by atoms with Gasteiger partial charge in [0.15, 0.2) is 17.3 Å². The van der Waals surface area contributed by atoms with Crippen molar-refractivity contribution in [3.8, 4) is 0 Å². The van der Waals surface area contributed by atoms with Gasteiger partial charge in [-0.25, -0.2) is 0 Å². The van der Waals surface area contributed by atoms with E-state index in [0.717, 1.165) is 63.7 Å². The molecular formula is C43H62O8. The van der Waals surface area contributed by atoms with Gasteiger partial charge in [0.2, 0.25) is 0 Å². The molecule has 0 radical (unpaired) electrons. The van der Waals surface area contributed by atoms with Crippen LogP contribution in [0.25, 0.3) is 0 Å². The largest absolute Gasteiger partial charge is 0.462 e. The van der Waals surface area contributed by atoms with Crippen LogP contribution in [0.1, 0.15) is 137 Å². The first-order valence-electron chi connectivity index (χ1n) is 20.3. The van der Waals surface area contributed by atoms with Crippen LogP contribution in [0.3, 0.4) is 0 Å². The standard InChI is InChI=1S/C22H32O3.C21H30O5/c1-4-20(24)25-19-8-7-17-16-6-5-14-13-15(23)9-11-21(14,2)18(16)10-12-22(17,19)3;1-19-7-5-13(23)9-12(19)3-4-14-15-6-8-21(26,17(25)11-22)20(15,2)10-16(24)18(14)19/h13,16-19H,4-12H2,1-3H3;9,14-16,18,22,24,26H,3-8,10-11H2,1-2H3/t16-,17-,18-,19-,21-,22-;14-,15-,16-,18+,19-,20-,21-/m00/s1. The average Bonchev–Trinajstić information content (AvgIpc) is 3.57. The number of rotatable bonds is 4. The summed E-state index contributed by atoms with van der Waals surface area (Å²) in [4.78, 5) is 48.0. The monoisotopic (exact) mass is 706 g/mol. The first-order chi connectivity index (χ1) is 24.1. The number of ether oxygens (including phenoxy) is 1. The Kier molecular flexibility index (Phi) is 9.48. The molecule has 0 bridgehead atoms. The molecule has 6 saturated carbocycles. The number of fused-ring (bicyclic) bond motifs is 10. The molecule has 3 N–H and O–H groups in total. The van der Waals surface area contributed by atoms with Crippen LogP contribution in [0.4, 0.5) is 0 Å². The second-order valence-corrected chi connectivity index (χ2v) is 19.0. The van der Waals surface area contributed by atoms with E-state index in [1.165, 1.54) is 30.4 Å². The highest BCUT2D eigenvalue weighted by Crippen LogP contribution is 2.68. The van der Waals surface area contributed by atoms with Gasteiger partial charge in [0.05, 0.1) is 6.10 Å². The number of hydrogen-bond acceptors (Lipinski definition) is 8. The maximum Gasteiger partial charge on any atom is 0.305 e. The molecule has 13 atom stereocenters. The van der Waals surface area contributed by atoms with Crippen molar-refractivity contribution in [3.63, 3.8) is 0 Å². The number of hydrogen-bond donors (Lipinski definition) is 3. The summed E-state index contributed by atoms with van der Waals surface area (Å²) in [6.07, 6.45) is 17.0. The summed E-state index contributed by atoms with van der Waals surface area (Å²) in [6.45, 7) is 10.1. The molecule has 0 aromatic rings. The minimum Gasteiger partial charge on any atom is -0.462 e. The zero-order valence-electron chi connectivity index (χ0n) is 31.7. The molecule has 0 heterocycles. The van der Waals surface area contributed by atoms with Crippen LogP contribution in [0.5, 0.6) is 0 Å². The Morgan fingerprint density at radius 3 is 2.02 bits per heavy atom. The van der Waals surface area contributed by atoms with Gasteiger partial charge in [-0.2, -0.15) is 0 Å². The molecule has 8 heteroatoms. The predicted octanol–water partition coefficient (Wildman–Crippen LogP) is 6.62. The lowest BCUT2D eigenvalue weighted by Gasteiger charge is -2.60. The van der Waals surface area contributed by atoms with Crippen molar-refractivity contribution >= 4 is 23.3 Å². The Bertz CT molecular complexity index is 1530. The fourth-order valence-corrected chi connectivity index (χ4v) is 14.2. The van der Waals surface area contributed by atoms with Crippen molar-refractivity contribution in [2.24, 2.45) is 57.2 Å². The number of Topliss-reactive ketones (excluding diaryl/α,β-unsaturated/α-hetero) is 1. The van der Waals surface area contributed by atoms with E-state index in [9.17, 15) is 34.5 Å². The summed E-state index contributed by atoms with van der Waals surface area (Å²) in [5, 5.41) is 31.7. The van der Waals surface area contributed by atoms with Gasteiger partial charge in [0.25, 0.3) is 0 Å². The molecule has 0 spiro atoms. The average molecular weight is 707 g/mol. The summed E-state index contributed by atoms with van der Waals surface area (Å²) >= 11 is 0. The molecule has 0 saturated heterocycles. The zero-order valence-corrected chi connectivity index (χ0v) is 31.7. The summed E-state index contributed by atoms with van der Waals surface area (Å²) in [6, 6.07) is 0. The lowest BCUT2D eigenvalue weighted by Crippen LogP contribution is -2.62. The van der Waals surface area contributed by atoms with Gasteiger partial charge in [-0.1, -0.05) is 45.8 Å². The molecule has 8 rings (SSSR count). The van der Waals surface area contributed by atoms with Gasteiger partial charge < -0.3 is 20.1 Å². The van der Waals surface area contributed by atoms with Gasteiger partial charge in [-0.15, -0.1) is 0 Å². The number of carbonyl (C=O) groups is 4. The number of aliphatic hydroxyl groups is 3. The van der Waals surface area contributed by atoms with Crippen LogP contribution < -0.4 is 0 Å². The Morgan fingerprint density at radius 2 is 1.37 bits per heavy atom. The maximum atomic E-state index is 12.4. The van der Waals surface area contributed by atoms with E-state index in [4.69, 9.17) is 4.74 Å². The fourth-order valence-electron chi connectivity index (χ4n) is 14.2. The van der Waals surface area contributed by atoms with Gasteiger partial charge in [0.1, 0.15) is 18.3 Å². The molecule has 0 aromatic carbocycles. The lowest BCUT2D eigenvalue weighted by molar-refractivity contribution is -0.182. The third kappa shape index (κ3) is 5.53. The van der Waals surface area contributed by atoms with E-state index in [0.29, 0.717) is 43.3 Å². The second-order valence-electron chi connectivity index (χ2n) is 19.0. The summed E-state index contributed by atoms with van der Waals surface area (Å²) in [7, 11) is 0. The smallest absolute Gasteiger partial charge is 0.305 e. The van der Waals surface area contributed by atoms with Crippen LogP contribution in [0.15, 0.2) is 23.3 Å². The zero-order chi connectivity index (χ0) is 36.7.